The van der Waals surface area contributed by atoms with Crippen LogP contribution in [0.15, 0.2) is 91.0 Å². The summed E-state index contributed by atoms with van der Waals surface area (Å²) in [7, 11) is 0. The molecule has 0 spiro atoms. The molecule has 6 atom stereocenters. The van der Waals surface area contributed by atoms with E-state index >= 15 is 0 Å². The maximum Gasteiger partial charge on any atom is 0.326 e. The third-order valence-corrected chi connectivity index (χ3v) is 10.1. The van der Waals surface area contributed by atoms with Gasteiger partial charge in [-0.25, -0.2) is 4.79 Å². The average Bonchev–Trinajstić information content (AvgIpc) is 3.19. The Balaban J connectivity index is 1.61. The first-order chi connectivity index (χ1) is 26.8. The van der Waals surface area contributed by atoms with E-state index in [0.29, 0.717) is 18.4 Å². The van der Waals surface area contributed by atoms with E-state index in [-0.39, 0.29) is 31.1 Å². The largest absolute Gasteiger partial charge is 0.480 e. The number of carboxylic acids is 1. The van der Waals surface area contributed by atoms with Gasteiger partial charge in [-0.3, -0.25) is 24.0 Å². The number of nitrogens with one attached hydrogen (secondary N) is 5. The van der Waals surface area contributed by atoms with Crippen molar-refractivity contribution >= 4 is 35.5 Å². The van der Waals surface area contributed by atoms with E-state index in [1.54, 1.807) is 62.4 Å². The van der Waals surface area contributed by atoms with Gasteiger partial charge >= 0.3 is 5.97 Å². The highest BCUT2D eigenvalue weighted by Gasteiger charge is 2.37. The highest BCUT2D eigenvalue weighted by Crippen LogP contribution is 2.27. The lowest BCUT2D eigenvalue weighted by atomic mass is 9.83. The summed E-state index contributed by atoms with van der Waals surface area (Å²) in [6.45, 7) is 5.08. The smallest absolute Gasteiger partial charge is 0.326 e. The van der Waals surface area contributed by atoms with Crippen molar-refractivity contribution in [3.63, 3.8) is 0 Å². The number of aliphatic carboxylic acids is 1. The van der Waals surface area contributed by atoms with Crippen LogP contribution in [0.25, 0.3) is 0 Å². The van der Waals surface area contributed by atoms with Crippen LogP contribution in [0.2, 0.25) is 0 Å². The van der Waals surface area contributed by atoms with E-state index in [1.807, 2.05) is 42.5 Å². The molecule has 13 nitrogen and oxygen atoms in total. The van der Waals surface area contributed by atoms with E-state index < -0.39 is 71.8 Å². The van der Waals surface area contributed by atoms with Crippen molar-refractivity contribution in [3.05, 3.63) is 108 Å². The number of amides is 5. The minimum atomic E-state index is -1.27. The number of carboxylic acid groups (broad SMARTS) is 1. The molecule has 1 aliphatic rings. The van der Waals surface area contributed by atoms with Crippen molar-refractivity contribution in [1.82, 2.24) is 26.6 Å². The highest BCUT2D eigenvalue weighted by molar-refractivity contribution is 5.96. The number of hydrogen-bond acceptors (Lipinski definition) is 7. The molecule has 56 heavy (non-hydrogen) atoms. The fraction of sp³-hybridized carbons (Fsp3) is 0.442. The van der Waals surface area contributed by atoms with Gasteiger partial charge in [0.05, 0.1) is 6.04 Å². The van der Waals surface area contributed by atoms with Gasteiger partial charge in [-0.2, -0.15) is 0 Å². The summed E-state index contributed by atoms with van der Waals surface area (Å²) >= 11 is 0. The Kier molecular flexibility index (Phi) is 16.6. The minimum Gasteiger partial charge on any atom is -0.480 e. The molecule has 3 aromatic carbocycles. The second-order valence-electron chi connectivity index (χ2n) is 15.0. The lowest BCUT2D eigenvalue weighted by Crippen LogP contribution is -2.61. The van der Waals surface area contributed by atoms with Gasteiger partial charge in [0, 0.05) is 19.3 Å². The minimum absolute atomic E-state index is 0.0292. The zero-order chi connectivity index (χ0) is 40.6. The van der Waals surface area contributed by atoms with Crippen LogP contribution in [0, 0.1) is 11.8 Å². The molecular formula is C43H56N6O7. The van der Waals surface area contributed by atoms with Crippen molar-refractivity contribution in [2.75, 3.05) is 0 Å². The molecule has 5 amide bonds. The van der Waals surface area contributed by atoms with E-state index in [2.05, 4.69) is 26.6 Å². The van der Waals surface area contributed by atoms with Gasteiger partial charge in [0.25, 0.3) is 0 Å². The summed E-state index contributed by atoms with van der Waals surface area (Å²) in [6.07, 6.45) is 4.23. The lowest BCUT2D eigenvalue weighted by molar-refractivity contribution is -0.142. The Morgan fingerprint density at radius 1 is 0.554 bits per heavy atom. The highest BCUT2D eigenvalue weighted by atomic mass is 16.4. The Morgan fingerprint density at radius 3 is 1.38 bits per heavy atom. The van der Waals surface area contributed by atoms with Crippen LogP contribution < -0.4 is 32.3 Å². The summed E-state index contributed by atoms with van der Waals surface area (Å²) in [5.74, 6) is -4.73. The molecule has 1 saturated carbocycles. The fourth-order valence-corrected chi connectivity index (χ4v) is 6.90. The topological polar surface area (TPSA) is 209 Å². The van der Waals surface area contributed by atoms with Crippen LogP contribution in [0.4, 0.5) is 0 Å². The molecule has 8 N–H and O–H groups in total. The second-order valence-corrected chi connectivity index (χ2v) is 15.0. The zero-order valence-electron chi connectivity index (χ0n) is 32.4. The van der Waals surface area contributed by atoms with E-state index in [4.69, 9.17) is 5.73 Å². The van der Waals surface area contributed by atoms with Crippen LogP contribution in [-0.4, -0.2) is 76.9 Å². The summed E-state index contributed by atoms with van der Waals surface area (Å²) in [6, 6.07) is 20.5. The van der Waals surface area contributed by atoms with Gasteiger partial charge in [-0.05, 0) is 48.3 Å². The first-order valence-corrected chi connectivity index (χ1v) is 19.4. The van der Waals surface area contributed by atoms with Crippen molar-refractivity contribution < 1.29 is 33.9 Å². The van der Waals surface area contributed by atoms with Crippen molar-refractivity contribution in [2.24, 2.45) is 17.6 Å². The fourth-order valence-electron chi connectivity index (χ4n) is 6.90. The van der Waals surface area contributed by atoms with Gasteiger partial charge in [0.15, 0.2) is 0 Å². The molecule has 0 heterocycles. The molecule has 1 fully saturated rings. The lowest BCUT2D eigenvalue weighted by Gasteiger charge is -2.33. The van der Waals surface area contributed by atoms with Crippen LogP contribution in [0.5, 0.6) is 0 Å². The van der Waals surface area contributed by atoms with Crippen molar-refractivity contribution in [1.29, 1.82) is 0 Å². The van der Waals surface area contributed by atoms with Crippen molar-refractivity contribution in [3.8, 4) is 0 Å². The Morgan fingerprint density at radius 2 is 0.964 bits per heavy atom. The summed E-state index contributed by atoms with van der Waals surface area (Å²) in [4.78, 5) is 81.1. The maximum atomic E-state index is 14.4. The van der Waals surface area contributed by atoms with Gasteiger partial charge < -0.3 is 37.4 Å². The molecule has 3 aromatic rings. The van der Waals surface area contributed by atoms with Gasteiger partial charge in [0.2, 0.25) is 29.5 Å². The summed E-state index contributed by atoms with van der Waals surface area (Å²) in [5.41, 5.74) is 7.94. The third-order valence-electron chi connectivity index (χ3n) is 10.1. The first-order valence-electron chi connectivity index (χ1n) is 19.4. The normalized spacial score (nSPS) is 16.2. The van der Waals surface area contributed by atoms with Crippen LogP contribution in [0.1, 0.15) is 69.6 Å². The van der Waals surface area contributed by atoms with Crippen LogP contribution >= 0.6 is 0 Å². The molecule has 13 heteroatoms. The number of benzene rings is 3. The molecule has 0 aromatic heterocycles. The molecule has 300 valence electrons. The second kappa shape index (κ2) is 21.5. The molecule has 0 bridgehead atoms. The summed E-state index contributed by atoms with van der Waals surface area (Å²) < 4.78 is 0. The Hall–Kier alpha value is -5.56. The molecular weight excluding hydrogens is 713 g/mol. The van der Waals surface area contributed by atoms with Crippen LogP contribution in [-0.2, 0) is 48.0 Å². The number of nitrogens with two attached hydrogens (primary N) is 1. The summed E-state index contributed by atoms with van der Waals surface area (Å²) in [5, 5.41) is 24.0. The predicted octanol–water partition coefficient (Wildman–Crippen LogP) is 2.81. The average molecular weight is 769 g/mol. The SMILES string of the molecule is CC(C)[C@H](NC(=O)[C@H](C)N)C(=O)NC(C(=O)N[C@@H](Cc1ccccc1)C(=O)N[C@@H](Cc1ccccc1)C(=O)N[C@@H](Cc1ccccc1)C(=O)O)C1CCCCC1. The zero-order valence-corrected chi connectivity index (χ0v) is 32.4. The number of carbonyl (C=O) groups excluding carboxylic acids is 5. The standard InChI is InChI=1S/C43H56N6O7/c1-27(2)36(48-38(50)28(3)44)41(53)49-37(32-22-14-7-15-23-32)42(54)46-34(25-30-18-10-5-11-19-30)39(51)45-33(24-29-16-8-4-9-17-29)40(52)47-35(43(55)56)26-31-20-12-6-13-21-31/h4-6,8-13,16-21,27-28,32-37H,7,14-15,22-26,44H2,1-3H3,(H,45,51)(H,46,54)(H,47,52)(H,48,50)(H,49,53)(H,55,56)/t28-,33-,34-,35-,36-,37?/m0/s1. The Labute approximate surface area is 329 Å². The molecule has 0 saturated heterocycles. The number of rotatable bonds is 19. The molecule has 0 radical (unpaired) electrons. The number of hydrogen-bond donors (Lipinski definition) is 7. The molecule has 1 unspecified atom stereocenters. The molecule has 1 aliphatic carbocycles. The van der Waals surface area contributed by atoms with Gasteiger partial charge in [-0.1, -0.05) is 124 Å². The third kappa shape index (κ3) is 13.3. The van der Waals surface area contributed by atoms with Crippen LogP contribution in [0.3, 0.4) is 0 Å². The van der Waals surface area contributed by atoms with Crippen molar-refractivity contribution in [2.45, 2.75) is 108 Å². The predicted molar refractivity (Wildman–Crippen MR) is 213 cm³/mol. The van der Waals surface area contributed by atoms with E-state index in [1.165, 1.54) is 6.92 Å². The maximum absolute atomic E-state index is 14.4. The first kappa shape index (κ1) is 43.2. The number of carbonyl (C=O) groups is 6. The quantitative estimate of drug-likeness (QED) is 0.0963. The molecule has 0 aliphatic heterocycles. The molecule has 4 rings (SSSR count). The van der Waals surface area contributed by atoms with Gasteiger partial charge in [-0.15, -0.1) is 0 Å². The Bertz CT molecular complexity index is 1750. The van der Waals surface area contributed by atoms with E-state index in [0.717, 1.165) is 30.4 Å². The van der Waals surface area contributed by atoms with E-state index in [9.17, 15) is 33.9 Å². The monoisotopic (exact) mass is 768 g/mol. The van der Waals surface area contributed by atoms with Gasteiger partial charge in [0.1, 0.15) is 30.2 Å².